The van der Waals surface area contributed by atoms with Gasteiger partial charge in [0.15, 0.2) is 0 Å². The number of rotatable bonds is 6. The van der Waals surface area contributed by atoms with E-state index in [1.54, 1.807) is 6.20 Å². The van der Waals surface area contributed by atoms with Crippen LogP contribution < -0.4 is 9.80 Å². The number of nitrogens with zero attached hydrogens (tertiary/aromatic N) is 6. The van der Waals surface area contributed by atoms with E-state index in [2.05, 4.69) is 33.8 Å². The van der Waals surface area contributed by atoms with Gasteiger partial charge in [0.2, 0.25) is 17.2 Å². The lowest BCUT2D eigenvalue weighted by Crippen LogP contribution is -2.27. The molecule has 0 amide bonds. The Bertz CT molecular complexity index is 573. The van der Waals surface area contributed by atoms with Crippen LogP contribution in [0, 0.1) is 0 Å². The van der Waals surface area contributed by atoms with Gasteiger partial charge in [-0.2, -0.15) is 15.0 Å². The molecule has 0 bridgehead atoms. The topological polar surface area (TPSA) is 58.0 Å². The Hall–Kier alpha value is -1.95. The molecule has 2 rings (SSSR count). The molecular weight excluding hydrogens is 288 g/mol. The predicted molar refractivity (Wildman–Crippen MR) is 84.7 cm³/mol. The van der Waals surface area contributed by atoms with E-state index in [0.717, 1.165) is 18.8 Å². The fraction of sp³-hybridized carbons (Fsp3) is 0.429. The summed E-state index contributed by atoms with van der Waals surface area (Å²) in [5.41, 5.74) is 0.945. The molecular formula is C14H19ClN6. The van der Waals surface area contributed by atoms with Gasteiger partial charge in [-0.05, 0) is 37.6 Å². The van der Waals surface area contributed by atoms with Crippen molar-refractivity contribution in [2.24, 2.45) is 0 Å². The van der Waals surface area contributed by atoms with E-state index < -0.39 is 0 Å². The number of halogens is 1. The first-order valence-corrected chi connectivity index (χ1v) is 7.29. The van der Waals surface area contributed by atoms with Crippen molar-refractivity contribution in [1.29, 1.82) is 0 Å². The number of anilines is 2. The SMILES string of the molecule is CCN(CC)c1nc(Cl)nc(N(C)Cc2ccccn2)n1. The lowest BCUT2D eigenvalue weighted by atomic mass is 10.3. The number of hydrogen-bond acceptors (Lipinski definition) is 6. The smallest absolute Gasteiger partial charge is 0.231 e. The van der Waals surface area contributed by atoms with Crippen LogP contribution in [0.1, 0.15) is 19.5 Å². The van der Waals surface area contributed by atoms with Crippen LogP contribution in [0.25, 0.3) is 0 Å². The average molecular weight is 307 g/mol. The van der Waals surface area contributed by atoms with E-state index in [1.165, 1.54) is 0 Å². The molecule has 0 atom stereocenters. The molecule has 2 heterocycles. The maximum atomic E-state index is 6.02. The Labute approximate surface area is 129 Å². The molecule has 2 aromatic rings. The first-order valence-electron chi connectivity index (χ1n) is 6.91. The lowest BCUT2D eigenvalue weighted by Gasteiger charge is -2.21. The maximum Gasteiger partial charge on any atom is 0.231 e. The van der Waals surface area contributed by atoms with Gasteiger partial charge in [0.1, 0.15) is 0 Å². The molecule has 0 aliphatic heterocycles. The van der Waals surface area contributed by atoms with E-state index in [-0.39, 0.29) is 5.28 Å². The maximum absolute atomic E-state index is 6.02. The van der Waals surface area contributed by atoms with Crippen LogP contribution in [0.15, 0.2) is 24.4 Å². The van der Waals surface area contributed by atoms with Gasteiger partial charge in [-0.1, -0.05) is 6.07 Å². The third-order valence-electron chi connectivity index (χ3n) is 3.10. The number of hydrogen-bond donors (Lipinski definition) is 0. The molecule has 0 saturated carbocycles. The molecule has 21 heavy (non-hydrogen) atoms. The van der Waals surface area contributed by atoms with Crippen LogP contribution in [0.3, 0.4) is 0 Å². The van der Waals surface area contributed by atoms with Gasteiger partial charge in [-0.3, -0.25) is 4.98 Å². The zero-order chi connectivity index (χ0) is 15.2. The van der Waals surface area contributed by atoms with Crippen LogP contribution in [-0.2, 0) is 6.54 Å². The van der Waals surface area contributed by atoms with Gasteiger partial charge >= 0.3 is 0 Å². The van der Waals surface area contributed by atoms with Crippen LogP contribution >= 0.6 is 11.6 Å². The summed E-state index contributed by atoms with van der Waals surface area (Å²) in [6.07, 6.45) is 1.77. The molecule has 0 saturated heterocycles. The normalized spacial score (nSPS) is 10.5. The molecule has 0 aliphatic rings. The second-order valence-corrected chi connectivity index (χ2v) is 4.89. The fourth-order valence-corrected chi connectivity index (χ4v) is 2.10. The van der Waals surface area contributed by atoms with Crippen LogP contribution in [0.2, 0.25) is 5.28 Å². The summed E-state index contributed by atoms with van der Waals surface area (Å²) >= 11 is 6.02. The van der Waals surface area contributed by atoms with Crippen molar-refractivity contribution in [2.45, 2.75) is 20.4 Å². The summed E-state index contributed by atoms with van der Waals surface area (Å²) in [5, 5.41) is 0.203. The molecule has 7 heteroatoms. The largest absolute Gasteiger partial charge is 0.341 e. The molecule has 0 radical (unpaired) electrons. The zero-order valence-electron chi connectivity index (χ0n) is 12.5. The Morgan fingerprint density at radius 3 is 2.38 bits per heavy atom. The van der Waals surface area contributed by atoms with Gasteiger partial charge in [-0.15, -0.1) is 0 Å². The Morgan fingerprint density at radius 1 is 1.05 bits per heavy atom. The van der Waals surface area contributed by atoms with Crippen molar-refractivity contribution in [1.82, 2.24) is 19.9 Å². The molecule has 0 aliphatic carbocycles. The van der Waals surface area contributed by atoms with Crippen molar-refractivity contribution >= 4 is 23.5 Å². The van der Waals surface area contributed by atoms with E-state index in [0.29, 0.717) is 18.4 Å². The first kappa shape index (κ1) is 15.4. The Balaban J connectivity index is 2.22. The molecule has 0 aromatic carbocycles. The van der Waals surface area contributed by atoms with Gasteiger partial charge in [0.05, 0.1) is 12.2 Å². The molecule has 0 N–H and O–H groups in total. The predicted octanol–water partition coefficient (Wildman–Crippen LogP) is 2.40. The molecule has 2 aromatic heterocycles. The van der Waals surface area contributed by atoms with Gasteiger partial charge < -0.3 is 9.80 Å². The summed E-state index contributed by atoms with van der Waals surface area (Å²) in [6, 6.07) is 5.81. The van der Waals surface area contributed by atoms with Crippen LogP contribution in [0.4, 0.5) is 11.9 Å². The second-order valence-electron chi connectivity index (χ2n) is 4.55. The van der Waals surface area contributed by atoms with Crippen molar-refractivity contribution in [2.75, 3.05) is 29.9 Å². The third kappa shape index (κ3) is 4.01. The van der Waals surface area contributed by atoms with Crippen molar-refractivity contribution in [3.8, 4) is 0 Å². The highest BCUT2D eigenvalue weighted by molar-refractivity contribution is 6.28. The van der Waals surface area contributed by atoms with Crippen LogP contribution in [0.5, 0.6) is 0 Å². The van der Waals surface area contributed by atoms with Gasteiger partial charge in [0, 0.05) is 26.3 Å². The Morgan fingerprint density at radius 2 is 1.76 bits per heavy atom. The highest BCUT2D eigenvalue weighted by atomic mass is 35.5. The average Bonchev–Trinajstić information content (AvgIpc) is 2.49. The van der Waals surface area contributed by atoms with Gasteiger partial charge in [0.25, 0.3) is 0 Å². The molecule has 6 nitrogen and oxygen atoms in total. The molecule has 0 spiro atoms. The summed E-state index contributed by atoms with van der Waals surface area (Å²) in [7, 11) is 1.91. The monoisotopic (exact) mass is 306 g/mol. The highest BCUT2D eigenvalue weighted by Gasteiger charge is 2.13. The summed E-state index contributed by atoms with van der Waals surface area (Å²) in [4.78, 5) is 21.1. The van der Waals surface area contributed by atoms with E-state index in [9.17, 15) is 0 Å². The number of aromatic nitrogens is 4. The number of pyridine rings is 1. The molecule has 0 fully saturated rings. The molecule has 112 valence electrons. The highest BCUT2D eigenvalue weighted by Crippen LogP contribution is 2.16. The van der Waals surface area contributed by atoms with Gasteiger partial charge in [-0.25, -0.2) is 0 Å². The first-order chi connectivity index (χ1) is 10.1. The van der Waals surface area contributed by atoms with E-state index >= 15 is 0 Å². The summed E-state index contributed by atoms with van der Waals surface area (Å²) in [6.45, 7) is 6.36. The molecule has 0 unspecified atom stereocenters. The fourth-order valence-electron chi connectivity index (χ4n) is 1.95. The quantitative estimate of drug-likeness (QED) is 0.817. The Kier molecular flexibility index (Phi) is 5.27. The standard InChI is InChI=1S/C14H19ClN6/c1-4-21(5-2)14-18-12(15)17-13(19-14)20(3)10-11-8-6-7-9-16-11/h6-9H,4-5,10H2,1-3H3. The summed E-state index contributed by atoms with van der Waals surface area (Å²) < 4.78 is 0. The third-order valence-corrected chi connectivity index (χ3v) is 3.27. The summed E-state index contributed by atoms with van der Waals surface area (Å²) in [5.74, 6) is 1.14. The van der Waals surface area contributed by atoms with Crippen molar-refractivity contribution < 1.29 is 0 Å². The van der Waals surface area contributed by atoms with Crippen molar-refractivity contribution in [3.05, 3.63) is 35.4 Å². The zero-order valence-corrected chi connectivity index (χ0v) is 13.2. The van der Waals surface area contributed by atoms with E-state index in [4.69, 9.17) is 11.6 Å². The minimum absolute atomic E-state index is 0.203. The van der Waals surface area contributed by atoms with Crippen molar-refractivity contribution in [3.63, 3.8) is 0 Å². The second kappa shape index (κ2) is 7.17. The van der Waals surface area contributed by atoms with E-state index in [1.807, 2.05) is 35.0 Å². The minimum atomic E-state index is 0.203. The minimum Gasteiger partial charge on any atom is -0.341 e. The van der Waals surface area contributed by atoms with Crippen LogP contribution in [-0.4, -0.2) is 40.1 Å². The lowest BCUT2D eigenvalue weighted by molar-refractivity contribution is 0.785.